The van der Waals surface area contributed by atoms with E-state index in [-0.39, 0.29) is 11.1 Å². The molecule has 0 N–H and O–H groups in total. The molecule has 0 aliphatic rings. The molecule has 4 aromatic carbocycles. The number of nitrogens with zero attached hydrogens (tertiary/aromatic N) is 4. The summed E-state index contributed by atoms with van der Waals surface area (Å²) < 4.78 is 12.5. The minimum Gasteiger partial charge on any atom is -0.493 e. The van der Waals surface area contributed by atoms with Crippen molar-refractivity contribution in [2.75, 3.05) is 13.2 Å². The Morgan fingerprint density at radius 3 is 1.34 bits per heavy atom. The van der Waals surface area contributed by atoms with Gasteiger partial charge in [0.15, 0.2) is 0 Å². The lowest BCUT2D eigenvalue weighted by Gasteiger charge is -2.22. The molecule has 4 aromatic rings. The summed E-state index contributed by atoms with van der Waals surface area (Å²) in [5.41, 5.74) is 2.54. The predicted octanol–water partition coefficient (Wildman–Crippen LogP) is 7.32. The van der Waals surface area contributed by atoms with E-state index in [0.717, 1.165) is 32.7 Å². The van der Waals surface area contributed by atoms with Crippen molar-refractivity contribution < 1.29 is 9.47 Å². The van der Waals surface area contributed by atoms with E-state index < -0.39 is 0 Å². The van der Waals surface area contributed by atoms with Gasteiger partial charge < -0.3 is 9.47 Å². The minimum absolute atomic E-state index is 0.0496. The maximum atomic E-state index is 9.47. The zero-order valence-corrected chi connectivity index (χ0v) is 20.9. The number of hydrogen-bond acceptors (Lipinski definition) is 6. The average molecular weight is 495 g/mol. The van der Waals surface area contributed by atoms with Gasteiger partial charge in [0.05, 0.1) is 13.2 Å². The van der Waals surface area contributed by atoms with Crippen molar-refractivity contribution >= 4 is 33.7 Å². The molecule has 0 aliphatic heterocycles. The molecule has 0 aromatic heterocycles. The smallest absolute Gasteiger partial charge is 0.135 e. The SMILES string of the molecule is CCOc1c(C=C(C#N)C#N)cc2ccccc2c1-c1c(OCC)c(C=C(C#N)C#N)cc2ccccc12. The molecular formula is C32H22N4O2. The van der Waals surface area contributed by atoms with E-state index in [1.165, 1.54) is 12.2 Å². The van der Waals surface area contributed by atoms with Crippen LogP contribution in [0.3, 0.4) is 0 Å². The topological polar surface area (TPSA) is 114 Å². The van der Waals surface area contributed by atoms with Crippen molar-refractivity contribution in [1.82, 2.24) is 0 Å². The van der Waals surface area contributed by atoms with Crippen molar-refractivity contribution in [3.63, 3.8) is 0 Å². The van der Waals surface area contributed by atoms with Crippen molar-refractivity contribution in [1.29, 1.82) is 21.0 Å². The Morgan fingerprint density at radius 2 is 1.00 bits per heavy atom. The molecule has 0 amide bonds. The first-order valence-electron chi connectivity index (χ1n) is 12.0. The van der Waals surface area contributed by atoms with Gasteiger partial charge in [-0.25, -0.2) is 0 Å². The number of fused-ring (bicyclic) bond motifs is 2. The summed E-state index contributed by atoms with van der Waals surface area (Å²) in [7, 11) is 0. The highest BCUT2D eigenvalue weighted by molar-refractivity contribution is 6.12. The van der Waals surface area contributed by atoms with Gasteiger partial charge in [0.2, 0.25) is 0 Å². The van der Waals surface area contributed by atoms with Crippen molar-refractivity contribution in [2.24, 2.45) is 0 Å². The quantitative estimate of drug-likeness (QED) is 0.249. The molecule has 0 aliphatic carbocycles. The van der Waals surface area contributed by atoms with Crippen LogP contribution in [0.5, 0.6) is 11.5 Å². The Labute approximate surface area is 221 Å². The Balaban J connectivity index is 2.30. The van der Waals surface area contributed by atoms with Crippen LogP contribution in [0.25, 0.3) is 44.8 Å². The van der Waals surface area contributed by atoms with Crippen LogP contribution in [-0.2, 0) is 0 Å². The van der Waals surface area contributed by atoms with Gasteiger partial charge in [0.25, 0.3) is 0 Å². The van der Waals surface area contributed by atoms with Gasteiger partial charge in [0.1, 0.15) is 46.9 Å². The molecule has 0 heterocycles. The lowest BCUT2D eigenvalue weighted by molar-refractivity contribution is 0.336. The number of rotatable bonds is 7. The number of benzene rings is 4. The second-order valence-electron chi connectivity index (χ2n) is 8.21. The zero-order chi connectivity index (χ0) is 27.1. The molecule has 0 saturated carbocycles. The lowest BCUT2D eigenvalue weighted by atomic mass is 9.88. The van der Waals surface area contributed by atoms with Crippen LogP contribution in [0.2, 0.25) is 0 Å². The summed E-state index contributed by atoms with van der Waals surface area (Å²) >= 11 is 0. The van der Waals surface area contributed by atoms with Crippen molar-refractivity contribution in [3.8, 4) is 46.9 Å². The molecule has 0 bridgehead atoms. The van der Waals surface area contributed by atoms with Crippen LogP contribution in [-0.4, -0.2) is 13.2 Å². The highest BCUT2D eigenvalue weighted by Gasteiger charge is 2.23. The molecule has 6 heteroatoms. The first kappa shape index (κ1) is 25.5. The molecule has 0 saturated heterocycles. The molecule has 38 heavy (non-hydrogen) atoms. The molecule has 0 fully saturated rings. The zero-order valence-electron chi connectivity index (χ0n) is 20.9. The van der Waals surface area contributed by atoms with Gasteiger partial charge >= 0.3 is 0 Å². The summed E-state index contributed by atoms with van der Waals surface area (Å²) in [4.78, 5) is 0. The van der Waals surface area contributed by atoms with Gasteiger partial charge in [-0.1, -0.05) is 48.5 Å². The first-order chi connectivity index (χ1) is 18.6. The van der Waals surface area contributed by atoms with E-state index in [1.807, 2.05) is 98.8 Å². The van der Waals surface area contributed by atoms with E-state index in [9.17, 15) is 21.0 Å². The van der Waals surface area contributed by atoms with Gasteiger partial charge in [-0.15, -0.1) is 0 Å². The van der Waals surface area contributed by atoms with Gasteiger partial charge in [0, 0.05) is 22.3 Å². The fourth-order valence-corrected chi connectivity index (χ4v) is 4.50. The number of ether oxygens (including phenoxy) is 2. The fraction of sp³-hybridized carbons (Fsp3) is 0.125. The number of allylic oxidation sites excluding steroid dienone is 2. The fourth-order valence-electron chi connectivity index (χ4n) is 4.50. The third kappa shape index (κ3) is 4.76. The summed E-state index contributed by atoms with van der Waals surface area (Å²) in [6.07, 6.45) is 3.05. The van der Waals surface area contributed by atoms with Crippen LogP contribution in [0, 0.1) is 45.3 Å². The Bertz CT molecular complexity index is 1620. The first-order valence-corrected chi connectivity index (χ1v) is 12.0. The molecule has 4 rings (SSSR count). The van der Waals surface area contributed by atoms with Crippen LogP contribution >= 0.6 is 0 Å². The lowest BCUT2D eigenvalue weighted by Crippen LogP contribution is -2.03. The molecule has 0 atom stereocenters. The van der Waals surface area contributed by atoms with E-state index in [2.05, 4.69) is 0 Å². The van der Waals surface area contributed by atoms with Crippen molar-refractivity contribution in [3.05, 3.63) is 82.9 Å². The Kier molecular flexibility index (Phi) is 7.69. The third-order valence-corrected chi connectivity index (χ3v) is 5.97. The highest BCUT2D eigenvalue weighted by atomic mass is 16.5. The predicted molar refractivity (Wildman–Crippen MR) is 148 cm³/mol. The monoisotopic (exact) mass is 494 g/mol. The van der Waals surface area contributed by atoms with Crippen LogP contribution < -0.4 is 9.47 Å². The van der Waals surface area contributed by atoms with Crippen LogP contribution in [0.15, 0.2) is 71.8 Å². The van der Waals surface area contributed by atoms with E-state index in [0.29, 0.717) is 35.8 Å². The largest absolute Gasteiger partial charge is 0.493 e. The molecular weight excluding hydrogens is 472 g/mol. The highest BCUT2D eigenvalue weighted by Crippen LogP contribution is 2.49. The van der Waals surface area contributed by atoms with E-state index in [4.69, 9.17) is 9.47 Å². The van der Waals surface area contributed by atoms with Crippen LogP contribution in [0.4, 0.5) is 0 Å². The second-order valence-corrected chi connectivity index (χ2v) is 8.21. The van der Waals surface area contributed by atoms with E-state index in [1.54, 1.807) is 0 Å². The molecule has 0 unspecified atom stereocenters. The van der Waals surface area contributed by atoms with Crippen molar-refractivity contribution in [2.45, 2.75) is 13.8 Å². The van der Waals surface area contributed by atoms with Crippen LogP contribution in [0.1, 0.15) is 25.0 Å². The van der Waals surface area contributed by atoms with E-state index >= 15 is 0 Å². The normalized spacial score (nSPS) is 9.95. The van der Waals surface area contributed by atoms with Gasteiger partial charge in [-0.2, -0.15) is 21.0 Å². The number of hydrogen-bond donors (Lipinski definition) is 0. The number of nitriles is 4. The Morgan fingerprint density at radius 1 is 0.632 bits per heavy atom. The summed E-state index contributed by atoms with van der Waals surface area (Å²) in [6, 6.07) is 27.1. The maximum absolute atomic E-state index is 9.47. The van der Waals surface area contributed by atoms with Gasteiger partial charge in [-0.05, 0) is 59.7 Å². The third-order valence-electron chi connectivity index (χ3n) is 5.97. The molecule has 6 nitrogen and oxygen atoms in total. The average Bonchev–Trinajstić information content (AvgIpc) is 2.95. The molecule has 0 radical (unpaired) electrons. The Hall–Kier alpha value is -5.56. The standard InChI is InChI=1S/C32H22N4O2/c1-3-37-31-25(13-21(17-33)18-34)15-23-9-5-7-11-27(23)29(31)30-28-12-8-6-10-24(28)16-26(32(30)38-4-2)14-22(19-35)20-36/h5-16H,3-4H2,1-2H3. The molecule has 182 valence electrons. The summed E-state index contributed by atoms with van der Waals surface area (Å²) in [5, 5.41) is 41.4. The minimum atomic E-state index is -0.0496. The summed E-state index contributed by atoms with van der Waals surface area (Å²) in [6.45, 7) is 4.42. The maximum Gasteiger partial charge on any atom is 0.135 e. The second kappa shape index (κ2) is 11.5. The van der Waals surface area contributed by atoms with Gasteiger partial charge in [-0.3, -0.25) is 0 Å². The molecule has 0 spiro atoms. The summed E-state index contributed by atoms with van der Waals surface area (Å²) in [5.74, 6) is 1.00.